The van der Waals surface area contributed by atoms with E-state index in [4.69, 9.17) is 30.1 Å². The van der Waals surface area contributed by atoms with E-state index in [9.17, 15) is 9.59 Å². The summed E-state index contributed by atoms with van der Waals surface area (Å²) in [5.41, 5.74) is 6.22. The van der Waals surface area contributed by atoms with E-state index in [1.165, 1.54) is 0 Å². The van der Waals surface area contributed by atoms with Gasteiger partial charge in [0.1, 0.15) is 0 Å². The van der Waals surface area contributed by atoms with Crippen LogP contribution >= 0.6 is 11.3 Å². The normalized spacial score (nSPS) is 13.3. The third-order valence-electron chi connectivity index (χ3n) is 4.49. The molecule has 172 valence electrons. The van der Waals surface area contributed by atoms with Gasteiger partial charge in [-0.15, -0.1) is 11.3 Å². The standard InChI is InChI=1S/C18H17N5O3S.C2H2O4/c19-16(25)11-3-5-13(6-4-11)20-15(24)10-23-8-12(9-23)18-21-17(22-26-18)14-2-1-7-27-14;3-1(4)2(5)6/h1-7,12H,8-10H2,(H2,19,25)(H,20,24);(H,3,4)(H,5,6). The molecule has 2 amide bonds. The highest BCUT2D eigenvalue weighted by Crippen LogP contribution is 2.28. The van der Waals surface area contributed by atoms with E-state index in [1.807, 2.05) is 22.4 Å². The second-order valence-electron chi connectivity index (χ2n) is 6.92. The highest BCUT2D eigenvalue weighted by atomic mass is 32.1. The van der Waals surface area contributed by atoms with E-state index >= 15 is 0 Å². The molecule has 12 nitrogen and oxygen atoms in total. The summed E-state index contributed by atoms with van der Waals surface area (Å²) < 4.78 is 5.35. The Labute approximate surface area is 190 Å². The lowest BCUT2D eigenvalue weighted by atomic mass is 10.0. The van der Waals surface area contributed by atoms with Gasteiger partial charge in [0.15, 0.2) is 0 Å². The number of amides is 2. The number of nitrogens with two attached hydrogens (primary N) is 1. The fourth-order valence-electron chi connectivity index (χ4n) is 2.88. The van der Waals surface area contributed by atoms with Gasteiger partial charge in [-0.3, -0.25) is 14.5 Å². The Morgan fingerprint density at radius 3 is 2.33 bits per heavy atom. The Morgan fingerprint density at radius 1 is 1.12 bits per heavy atom. The van der Waals surface area contributed by atoms with Crippen LogP contribution in [0.15, 0.2) is 46.3 Å². The molecule has 0 aliphatic carbocycles. The van der Waals surface area contributed by atoms with Crippen molar-refractivity contribution in [2.24, 2.45) is 5.73 Å². The maximum Gasteiger partial charge on any atom is 0.414 e. The zero-order valence-electron chi connectivity index (χ0n) is 17.0. The Morgan fingerprint density at radius 2 is 1.79 bits per heavy atom. The molecule has 1 aliphatic rings. The maximum atomic E-state index is 12.1. The number of rotatable bonds is 6. The molecule has 0 radical (unpaired) electrons. The van der Waals surface area contributed by atoms with Gasteiger partial charge in [0.25, 0.3) is 0 Å². The number of carboxylic acids is 2. The van der Waals surface area contributed by atoms with Crippen LogP contribution in [0.4, 0.5) is 5.69 Å². The van der Waals surface area contributed by atoms with Crippen LogP contribution in [-0.2, 0) is 14.4 Å². The number of aliphatic carboxylic acids is 2. The summed E-state index contributed by atoms with van der Waals surface area (Å²) in [6.07, 6.45) is 0. The number of benzene rings is 1. The van der Waals surface area contributed by atoms with Crippen molar-refractivity contribution in [2.45, 2.75) is 5.92 Å². The van der Waals surface area contributed by atoms with Crippen molar-refractivity contribution in [3.05, 3.63) is 53.2 Å². The zero-order valence-corrected chi connectivity index (χ0v) is 17.8. The van der Waals surface area contributed by atoms with Crippen LogP contribution in [0, 0.1) is 0 Å². The van der Waals surface area contributed by atoms with Gasteiger partial charge in [-0.1, -0.05) is 11.2 Å². The molecule has 0 saturated carbocycles. The lowest BCUT2D eigenvalue weighted by Crippen LogP contribution is -2.48. The molecule has 0 bridgehead atoms. The first-order valence-electron chi connectivity index (χ1n) is 9.48. The average Bonchev–Trinajstić information content (AvgIpc) is 3.43. The minimum Gasteiger partial charge on any atom is -0.473 e. The molecule has 3 heterocycles. The molecule has 2 aromatic heterocycles. The average molecular weight is 473 g/mol. The number of hydrogen-bond acceptors (Lipinski definition) is 9. The first kappa shape index (κ1) is 23.6. The molecule has 4 rings (SSSR count). The van der Waals surface area contributed by atoms with Gasteiger partial charge in [0.05, 0.1) is 17.3 Å². The number of carbonyl (C=O) groups excluding carboxylic acids is 2. The summed E-state index contributed by atoms with van der Waals surface area (Å²) in [5, 5.41) is 23.6. The molecule has 1 aromatic carbocycles. The molecule has 1 fully saturated rings. The Bertz CT molecular complexity index is 1130. The summed E-state index contributed by atoms with van der Waals surface area (Å²) in [6, 6.07) is 10.4. The number of likely N-dealkylation sites (tertiary alicyclic amines) is 1. The van der Waals surface area contributed by atoms with Crippen molar-refractivity contribution >= 4 is 40.8 Å². The Balaban J connectivity index is 0.000000454. The molecule has 0 spiro atoms. The van der Waals surface area contributed by atoms with Crippen molar-refractivity contribution < 1.29 is 33.9 Å². The van der Waals surface area contributed by atoms with Crippen LogP contribution in [0.25, 0.3) is 10.7 Å². The van der Waals surface area contributed by atoms with E-state index in [0.717, 1.165) is 4.88 Å². The summed E-state index contributed by atoms with van der Waals surface area (Å²) >= 11 is 1.56. The highest BCUT2D eigenvalue weighted by Gasteiger charge is 2.33. The van der Waals surface area contributed by atoms with Crippen molar-refractivity contribution in [2.75, 3.05) is 25.0 Å². The SMILES string of the molecule is NC(=O)c1ccc(NC(=O)CN2CC(c3nc(-c4cccs4)no3)C2)cc1.O=C(O)C(=O)O. The van der Waals surface area contributed by atoms with E-state index < -0.39 is 17.8 Å². The number of thiophene rings is 1. The Hall–Kier alpha value is -4.10. The smallest absolute Gasteiger partial charge is 0.414 e. The number of aromatic nitrogens is 2. The van der Waals surface area contributed by atoms with Gasteiger partial charge < -0.3 is 25.8 Å². The molecule has 5 N–H and O–H groups in total. The summed E-state index contributed by atoms with van der Waals surface area (Å²) in [4.78, 5) is 48.8. The molecule has 1 saturated heterocycles. The summed E-state index contributed by atoms with van der Waals surface area (Å²) in [7, 11) is 0. The monoisotopic (exact) mass is 473 g/mol. The molecule has 13 heteroatoms. The number of carboxylic acid groups (broad SMARTS) is 2. The molecule has 0 atom stereocenters. The van der Waals surface area contributed by atoms with Crippen LogP contribution in [0.2, 0.25) is 0 Å². The fraction of sp³-hybridized carbons (Fsp3) is 0.200. The lowest BCUT2D eigenvalue weighted by molar-refractivity contribution is -0.159. The van der Waals surface area contributed by atoms with Crippen LogP contribution in [0.5, 0.6) is 0 Å². The number of nitrogens with one attached hydrogen (secondary N) is 1. The molecule has 33 heavy (non-hydrogen) atoms. The van der Waals surface area contributed by atoms with Crippen LogP contribution in [0.3, 0.4) is 0 Å². The quantitative estimate of drug-likeness (QED) is 0.377. The number of carbonyl (C=O) groups is 4. The summed E-state index contributed by atoms with van der Waals surface area (Å²) in [5.74, 6) is -2.90. The lowest BCUT2D eigenvalue weighted by Gasteiger charge is -2.36. The molecule has 1 aliphatic heterocycles. The molecule has 3 aromatic rings. The third-order valence-corrected chi connectivity index (χ3v) is 5.36. The summed E-state index contributed by atoms with van der Waals surface area (Å²) in [6.45, 7) is 1.67. The Kier molecular flexibility index (Phi) is 7.48. The van der Waals surface area contributed by atoms with Crippen molar-refractivity contribution in [1.82, 2.24) is 15.0 Å². The van der Waals surface area contributed by atoms with Gasteiger partial charge in [-0.2, -0.15) is 4.98 Å². The predicted molar refractivity (Wildman–Crippen MR) is 116 cm³/mol. The largest absolute Gasteiger partial charge is 0.473 e. The van der Waals surface area contributed by atoms with Crippen LogP contribution in [-0.4, -0.2) is 68.6 Å². The number of hydrogen-bond donors (Lipinski definition) is 4. The van der Waals surface area contributed by atoms with Crippen LogP contribution < -0.4 is 11.1 Å². The topological polar surface area (TPSA) is 189 Å². The van der Waals surface area contributed by atoms with Gasteiger partial charge in [0.2, 0.25) is 23.5 Å². The van der Waals surface area contributed by atoms with E-state index in [-0.39, 0.29) is 18.4 Å². The van der Waals surface area contributed by atoms with Gasteiger partial charge in [0, 0.05) is 24.3 Å². The number of nitrogens with zero attached hydrogens (tertiary/aromatic N) is 3. The van der Waals surface area contributed by atoms with Crippen molar-refractivity contribution in [3.63, 3.8) is 0 Å². The van der Waals surface area contributed by atoms with Crippen molar-refractivity contribution in [3.8, 4) is 10.7 Å². The second kappa shape index (κ2) is 10.5. The first-order valence-corrected chi connectivity index (χ1v) is 10.4. The van der Waals surface area contributed by atoms with Crippen molar-refractivity contribution in [1.29, 1.82) is 0 Å². The second-order valence-corrected chi connectivity index (χ2v) is 7.87. The minimum atomic E-state index is -1.82. The van der Waals surface area contributed by atoms with Gasteiger partial charge in [-0.25, -0.2) is 9.59 Å². The highest BCUT2D eigenvalue weighted by molar-refractivity contribution is 7.13. The zero-order chi connectivity index (χ0) is 24.0. The fourth-order valence-corrected chi connectivity index (χ4v) is 3.53. The van der Waals surface area contributed by atoms with E-state index in [1.54, 1.807) is 35.6 Å². The molecular weight excluding hydrogens is 454 g/mol. The third kappa shape index (κ3) is 6.44. The molecule has 0 unspecified atom stereocenters. The van der Waals surface area contributed by atoms with E-state index in [0.29, 0.717) is 36.1 Å². The van der Waals surface area contributed by atoms with Gasteiger partial charge >= 0.3 is 11.9 Å². The number of primary amides is 1. The number of anilines is 1. The minimum absolute atomic E-state index is 0.120. The predicted octanol–water partition coefficient (Wildman–Crippen LogP) is 1.09. The maximum absolute atomic E-state index is 12.1. The van der Waals surface area contributed by atoms with Gasteiger partial charge in [-0.05, 0) is 35.7 Å². The van der Waals surface area contributed by atoms with Crippen LogP contribution in [0.1, 0.15) is 22.2 Å². The molecular formula is C20H19N5O7S. The first-order chi connectivity index (χ1) is 15.7. The van der Waals surface area contributed by atoms with E-state index in [2.05, 4.69) is 15.5 Å².